The number of nitrogens with zero attached hydrogens (tertiary/aromatic N) is 1. The normalized spacial score (nSPS) is 19.7. The molecular weight excluding hydrogens is 277 g/mol. The van der Waals surface area contributed by atoms with Crippen LogP contribution in [-0.2, 0) is 10.9 Å². The predicted octanol–water partition coefficient (Wildman–Crippen LogP) is 0.365. The molecule has 1 atom stereocenters. The highest BCUT2D eigenvalue weighted by atomic mass is 19.4. The van der Waals surface area contributed by atoms with Crippen LogP contribution in [0.25, 0.3) is 0 Å². The lowest BCUT2D eigenvalue weighted by Crippen LogP contribution is -2.36. The van der Waals surface area contributed by atoms with E-state index in [-0.39, 0.29) is 11.3 Å². The molecule has 0 saturated carbocycles. The molecule has 9 heteroatoms. The van der Waals surface area contributed by atoms with E-state index in [4.69, 9.17) is 10.6 Å². The van der Waals surface area contributed by atoms with Gasteiger partial charge in [-0.3, -0.25) is 15.2 Å². The molecular formula is C11H13F3N4O2. The number of amides is 1. The first-order valence-electron chi connectivity index (χ1n) is 5.84. The van der Waals surface area contributed by atoms with Gasteiger partial charge in [0.2, 0.25) is 0 Å². The summed E-state index contributed by atoms with van der Waals surface area (Å²) in [6.07, 6.45) is -4.61. The fourth-order valence-electron chi connectivity index (χ4n) is 1.91. The summed E-state index contributed by atoms with van der Waals surface area (Å²) in [5.74, 6) is 4.25. The first-order chi connectivity index (χ1) is 9.43. The van der Waals surface area contributed by atoms with Crippen molar-refractivity contribution in [2.45, 2.75) is 12.3 Å². The molecule has 6 nitrogen and oxygen atoms in total. The van der Waals surface area contributed by atoms with Gasteiger partial charge in [-0.15, -0.1) is 0 Å². The number of halogens is 3. The molecule has 0 bridgehead atoms. The zero-order valence-corrected chi connectivity index (χ0v) is 10.3. The number of nitrogens with two attached hydrogens (primary N) is 1. The van der Waals surface area contributed by atoms with Gasteiger partial charge in [-0.1, -0.05) is 0 Å². The molecule has 1 aliphatic heterocycles. The summed E-state index contributed by atoms with van der Waals surface area (Å²) in [6.45, 7) is 1.24. The molecule has 1 aliphatic rings. The number of nitrogen functional groups attached to an aromatic ring is 1. The summed E-state index contributed by atoms with van der Waals surface area (Å²) in [7, 11) is 0. The minimum atomic E-state index is -4.54. The molecule has 0 radical (unpaired) electrons. The SMILES string of the molecule is NNC(=O)c1ncc(C(F)(F)F)cc1C1CNCCO1. The van der Waals surface area contributed by atoms with Crippen molar-refractivity contribution >= 4 is 5.91 Å². The van der Waals surface area contributed by atoms with E-state index in [1.54, 1.807) is 0 Å². The molecule has 20 heavy (non-hydrogen) atoms. The largest absolute Gasteiger partial charge is 0.417 e. The number of hydrogen-bond acceptors (Lipinski definition) is 5. The van der Waals surface area contributed by atoms with Crippen LogP contribution in [0.1, 0.15) is 27.7 Å². The van der Waals surface area contributed by atoms with E-state index in [0.29, 0.717) is 25.9 Å². The van der Waals surface area contributed by atoms with Crippen LogP contribution in [0.5, 0.6) is 0 Å². The Bertz CT molecular complexity index is 501. The number of carbonyl (C=O) groups excluding carboxylic acids is 1. The monoisotopic (exact) mass is 290 g/mol. The fourth-order valence-corrected chi connectivity index (χ4v) is 1.91. The lowest BCUT2D eigenvalue weighted by atomic mass is 10.0. The molecule has 1 unspecified atom stereocenters. The molecule has 0 aromatic carbocycles. The Labute approximate surface area is 112 Å². The maximum Gasteiger partial charge on any atom is 0.417 e. The summed E-state index contributed by atoms with van der Waals surface area (Å²) in [5.41, 5.74) is 0.818. The molecule has 1 amide bonds. The standard InChI is InChI=1S/C11H13F3N4O2/c12-11(13,14)6-3-7(8-5-16-1-2-20-8)9(17-4-6)10(19)18-15/h3-4,8,16H,1-2,5,15H2,(H,18,19). The summed E-state index contributed by atoms with van der Waals surface area (Å²) >= 11 is 0. The number of morpholine rings is 1. The second-order valence-electron chi connectivity index (χ2n) is 4.20. The van der Waals surface area contributed by atoms with Gasteiger partial charge in [-0.25, -0.2) is 5.84 Å². The van der Waals surface area contributed by atoms with Crippen LogP contribution >= 0.6 is 0 Å². The number of hydrogen-bond donors (Lipinski definition) is 3. The summed E-state index contributed by atoms with van der Waals surface area (Å²) in [5, 5.41) is 2.98. The van der Waals surface area contributed by atoms with Gasteiger partial charge < -0.3 is 10.1 Å². The van der Waals surface area contributed by atoms with Crippen molar-refractivity contribution in [3.8, 4) is 0 Å². The van der Waals surface area contributed by atoms with E-state index in [9.17, 15) is 18.0 Å². The average molecular weight is 290 g/mol. The van der Waals surface area contributed by atoms with Crippen molar-refractivity contribution in [3.63, 3.8) is 0 Å². The lowest BCUT2D eigenvalue weighted by Gasteiger charge is -2.25. The zero-order chi connectivity index (χ0) is 14.8. The molecule has 1 aromatic rings. The molecule has 0 spiro atoms. The van der Waals surface area contributed by atoms with E-state index in [1.807, 2.05) is 5.43 Å². The van der Waals surface area contributed by atoms with Crippen molar-refractivity contribution in [1.82, 2.24) is 15.7 Å². The quantitative estimate of drug-likeness (QED) is 0.416. The van der Waals surface area contributed by atoms with Crippen LogP contribution in [0.15, 0.2) is 12.3 Å². The van der Waals surface area contributed by atoms with E-state index < -0.39 is 23.8 Å². The minimum absolute atomic E-state index is 0.0648. The number of aromatic nitrogens is 1. The number of nitrogens with one attached hydrogen (secondary N) is 2. The first-order valence-corrected chi connectivity index (χ1v) is 5.84. The minimum Gasteiger partial charge on any atom is -0.371 e. The van der Waals surface area contributed by atoms with Gasteiger partial charge in [0.25, 0.3) is 5.91 Å². The van der Waals surface area contributed by atoms with Crippen molar-refractivity contribution in [2.24, 2.45) is 5.84 Å². The highest BCUT2D eigenvalue weighted by Crippen LogP contribution is 2.32. The van der Waals surface area contributed by atoms with Gasteiger partial charge in [0.15, 0.2) is 0 Å². The van der Waals surface area contributed by atoms with E-state index >= 15 is 0 Å². The molecule has 1 aromatic heterocycles. The molecule has 1 fully saturated rings. The first kappa shape index (κ1) is 14.7. The van der Waals surface area contributed by atoms with E-state index in [1.165, 1.54) is 0 Å². The van der Waals surface area contributed by atoms with Crippen molar-refractivity contribution < 1.29 is 22.7 Å². The number of hydrazine groups is 1. The zero-order valence-electron chi connectivity index (χ0n) is 10.3. The highest BCUT2D eigenvalue weighted by molar-refractivity contribution is 5.93. The molecule has 2 heterocycles. The second-order valence-corrected chi connectivity index (χ2v) is 4.20. The third-order valence-corrected chi connectivity index (χ3v) is 2.87. The Morgan fingerprint density at radius 3 is 2.85 bits per heavy atom. The summed E-state index contributed by atoms with van der Waals surface area (Å²) in [6, 6.07) is 0.870. The lowest BCUT2D eigenvalue weighted by molar-refractivity contribution is -0.138. The van der Waals surface area contributed by atoms with Gasteiger partial charge in [0.1, 0.15) is 5.69 Å². The van der Waals surface area contributed by atoms with Crippen LogP contribution in [0.4, 0.5) is 13.2 Å². The predicted molar refractivity (Wildman–Crippen MR) is 62.5 cm³/mol. The Morgan fingerprint density at radius 1 is 1.55 bits per heavy atom. The van der Waals surface area contributed by atoms with Crippen LogP contribution in [-0.4, -0.2) is 30.6 Å². The smallest absolute Gasteiger partial charge is 0.371 e. The Kier molecular flexibility index (Phi) is 4.21. The highest BCUT2D eigenvalue weighted by Gasteiger charge is 2.34. The fraction of sp³-hybridized carbons (Fsp3) is 0.455. The third-order valence-electron chi connectivity index (χ3n) is 2.87. The molecule has 2 rings (SSSR count). The van der Waals surface area contributed by atoms with Crippen molar-refractivity contribution in [3.05, 3.63) is 29.1 Å². The number of ether oxygens (including phenoxy) is 1. The van der Waals surface area contributed by atoms with E-state index in [2.05, 4.69) is 10.3 Å². The average Bonchev–Trinajstić information content (AvgIpc) is 2.46. The van der Waals surface area contributed by atoms with Gasteiger partial charge in [-0.2, -0.15) is 13.2 Å². The number of pyridine rings is 1. The van der Waals surface area contributed by atoms with Crippen LogP contribution in [0.2, 0.25) is 0 Å². The second kappa shape index (κ2) is 5.73. The number of alkyl halides is 3. The maximum absolute atomic E-state index is 12.7. The third kappa shape index (κ3) is 3.06. The number of carbonyl (C=O) groups is 1. The van der Waals surface area contributed by atoms with Gasteiger partial charge in [-0.05, 0) is 6.07 Å². The molecule has 1 saturated heterocycles. The van der Waals surface area contributed by atoms with Crippen LogP contribution in [0, 0.1) is 0 Å². The van der Waals surface area contributed by atoms with Crippen LogP contribution < -0.4 is 16.6 Å². The van der Waals surface area contributed by atoms with Gasteiger partial charge in [0, 0.05) is 24.8 Å². The molecule has 4 N–H and O–H groups in total. The Morgan fingerprint density at radius 2 is 2.30 bits per heavy atom. The van der Waals surface area contributed by atoms with Crippen LogP contribution in [0.3, 0.4) is 0 Å². The Hall–Kier alpha value is -1.71. The van der Waals surface area contributed by atoms with E-state index in [0.717, 1.165) is 6.07 Å². The van der Waals surface area contributed by atoms with Crippen molar-refractivity contribution in [2.75, 3.05) is 19.7 Å². The van der Waals surface area contributed by atoms with Gasteiger partial charge in [0.05, 0.1) is 18.3 Å². The van der Waals surface area contributed by atoms with Crippen molar-refractivity contribution in [1.29, 1.82) is 0 Å². The molecule has 110 valence electrons. The summed E-state index contributed by atoms with van der Waals surface area (Å²) in [4.78, 5) is 15.2. The summed E-state index contributed by atoms with van der Waals surface area (Å²) < 4.78 is 43.6. The molecule has 0 aliphatic carbocycles. The Balaban J connectivity index is 2.44. The van der Waals surface area contributed by atoms with Gasteiger partial charge >= 0.3 is 6.18 Å². The maximum atomic E-state index is 12.7. The number of rotatable bonds is 2. The topological polar surface area (TPSA) is 89.3 Å².